The van der Waals surface area contributed by atoms with Gasteiger partial charge in [0.05, 0.1) is 13.2 Å². The Morgan fingerprint density at radius 3 is 2.50 bits per heavy atom. The van der Waals surface area contributed by atoms with Crippen molar-refractivity contribution in [3.05, 3.63) is 36.4 Å². The fourth-order valence-corrected chi connectivity index (χ4v) is 7.85. The first-order valence-corrected chi connectivity index (χ1v) is 18.2. The number of hydrogen-bond acceptors (Lipinski definition) is 18. The Hall–Kier alpha value is -2.66. The van der Waals surface area contributed by atoms with Gasteiger partial charge in [-0.1, -0.05) is 18.7 Å². The van der Waals surface area contributed by atoms with Crippen LogP contribution in [-0.2, 0) is 32.0 Å². The van der Waals surface area contributed by atoms with E-state index < -0.39 is 83.8 Å². The van der Waals surface area contributed by atoms with Gasteiger partial charge in [-0.15, -0.1) is 0 Å². The van der Waals surface area contributed by atoms with Gasteiger partial charge in [-0.2, -0.15) is 4.57 Å². The van der Waals surface area contributed by atoms with Crippen LogP contribution < -0.4 is 20.9 Å². The van der Waals surface area contributed by atoms with Crippen molar-refractivity contribution in [3.63, 3.8) is 0 Å². The molecular formula is C24H33N7O14P2S. The van der Waals surface area contributed by atoms with Crippen molar-refractivity contribution in [2.24, 2.45) is 5.73 Å². The second-order valence-corrected chi connectivity index (χ2v) is 14.7. The summed E-state index contributed by atoms with van der Waals surface area (Å²) in [4.78, 5) is 46.5. The molecule has 0 aromatic carbocycles. The number of carbonyl (C=O) groups excluding carboxylic acids is 1. The molecule has 5 heterocycles. The summed E-state index contributed by atoms with van der Waals surface area (Å²) in [6.45, 7) is 0.0475. The number of aromatic nitrogens is 5. The molecule has 3 aromatic heterocycles. The molecule has 0 bridgehead atoms. The lowest BCUT2D eigenvalue weighted by Crippen LogP contribution is -2.46. The number of phosphoric ester groups is 2. The highest BCUT2D eigenvalue weighted by molar-refractivity contribution is 7.99. The normalized spacial score (nSPS) is 30.0. The maximum atomic E-state index is 12.6. The summed E-state index contributed by atoms with van der Waals surface area (Å²) >= 11 is 1.29. The van der Waals surface area contributed by atoms with Crippen molar-refractivity contribution in [1.82, 2.24) is 19.5 Å². The molecule has 0 saturated carbocycles. The maximum Gasteiger partial charge on any atom is 0.478 e. The molecule has 5 rings (SSSR count). The predicted molar refractivity (Wildman–Crippen MR) is 158 cm³/mol. The molecule has 48 heavy (non-hydrogen) atoms. The van der Waals surface area contributed by atoms with Crippen molar-refractivity contribution >= 4 is 50.3 Å². The van der Waals surface area contributed by atoms with Crippen LogP contribution in [0.2, 0.25) is 0 Å². The molecule has 0 radical (unpaired) electrons. The van der Waals surface area contributed by atoms with E-state index in [1.165, 1.54) is 51.7 Å². The van der Waals surface area contributed by atoms with Crippen LogP contribution in [0.3, 0.4) is 0 Å². The highest BCUT2D eigenvalue weighted by atomic mass is 32.2. The number of amides is 1. The Labute approximate surface area is 275 Å². The summed E-state index contributed by atoms with van der Waals surface area (Å²) in [7, 11) is -11.1. The number of pyridine rings is 1. The first-order valence-electron chi connectivity index (χ1n) is 14.2. The number of carbonyl (C=O) groups is 1. The molecule has 9 N–H and O–H groups in total. The number of ether oxygens (including phenoxy) is 2. The first kappa shape index (κ1) is 36.6. The number of nitrogen functional groups attached to an aromatic ring is 1. The van der Waals surface area contributed by atoms with Gasteiger partial charge in [-0.3, -0.25) is 18.5 Å². The molecule has 1 amide bonds. The topological polar surface area (TPSA) is 321 Å². The number of phosphoric acid groups is 2. The number of anilines is 1. The zero-order valence-electron chi connectivity index (χ0n) is 24.9. The Morgan fingerprint density at radius 2 is 1.79 bits per heavy atom. The van der Waals surface area contributed by atoms with Crippen LogP contribution in [0.4, 0.5) is 5.82 Å². The monoisotopic (exact) mass is 737 g/mol. The van der Waals surface area contributed by atoms with E-state index in [1.807, 2.05) is 6.92 Å². The van der Waals surface area contributed by atoms with Crippen molar-refractivity contribution < 1.29 is 71.5 Å². The van der Waals surface area contributed by atoms with Crippen molar-refractivity contribution in [2.75, 3.05) is 24.7 Å². The maximum absolute atomic E-state index is 12.6. The van der Waals surface area contributed by atoms with Crippen LogP contribution in [0, 0.1) is 0 Å². The lowest BCUT2D eigenvalue weighted by molar-refractivity contribution is -0.765. The molecule has 2 saturated heterocycles. The molecule has 0 spiro atoms. The largest absolute Gasteiger partial charge is 0.756 e. The number of aliphatic hydroxyl groups is 4. The first-order chi connectivity index (χ1) is 22.6. The van der Waals surface area contributed by atoms with Gasteiger partial charge in [-0.25, -0.2) is 23.8 Å². The van der Waals surface area contributed by atoms with Gasteiger partial charge in [-0.05, 0) is 12.5 Å². The van der Waals surface area contributed by atoms with Gasteiger partial charge >= 0.3 is 7.82 Å². The van der Waals surface area contributed by atoms with E-state index in [0.29, 0.717) is 10.9 Å². The third kappa shape index (κ3) is 7.87. The van der Waals surface area contributed by atoms with E-state index in [1.54, 1.807) is 0 Å². The number of nitrogens with zero attached hydrogens (tertiary/aromatic N) is 5. The van der Waals surface area contributed by atoms with E-state index in [0.717, 1.165) is 6.42 Å². The zero-order chi connectivity index (χ0) is 35.0. The number of nitrogens with two attached hydrogens (primary N) is 2. The summed E-state index contributed by atoms with van der Waals surface area (Å²) in [6.07, 6.45) is -7.54. The van der Waals surface area contributed by atoms with Gasteiger partial charge in [0.2, 0.25) is 0 Å². The van der Waals surface area contributed by atoms with Crippen LogP contribution in [0.1, 0.15) is 36.2 Å². The van der Waals surface area contributed by atoms with E-state index in [4.69, 9.17) is 25.5 Å². The standard InChI is InChI=1S/C24H33N7O14P2S/c1-2-6-48-24-29-14-19(25)27-10-28-21(14)31(24)23-18(35)16(33)13(44-23)9-42-47(39,40)45-46(37,38)41-8-12-15(32)17(34)22(43-12)30-5-3-4-11(7-30)20(26)36/h3-5,7,10,12-13,15-18,22-23,32-35H,2,6,8-9H2,1H3,(H5-,25,26,27,28,36,37,38,39,40). The molecule has 2 aliphatic rings. The van der Waals surface area contributed by atoms with E-state index in [2.05, 4.69) is 23.8 Å². The van der Waals surface area contributed by atoms with Gasteiger partial charge in [0.25, 0.3) is 20.0 Å². The molecule has 0 aliphatic carbocycles. The molecule has 21 nitrogen and oxygen atoms in total. The lowest BCUT2D eigenvalue weighted by Gasteiger charge is -2.26. The Bertz CT molecular complexity index is 1740. The Balaban J connectivity index is 1.19. The molecular weight excluding hydrogens is 704 g/mol. The minimum Gasteiger partial charge on any atom is -0.756 e. The SMILES string of the molecule is CCCSc1nc2c(N)ncnc2n1C1OC(COP(=O)(O)OP(=O)([O-])OCC2OC([n+]3cccc(C(N)=O)c3)C(O)C2O)C(O)C1O. The minimum absolute atomic E-state index is 0.0601. The number of hydrogen-bond donors (Lipinski definition) is 7. The average Bonchev–Trinajstić information content (AvgIpc) is 3.64. The van der Waals surface area contributed by atoms with Crippen molar-refractivity contribution in [2.45, 2.75) is 67.6 Å². The second-order valence-electron chi connectivity index (χ2n) is 10.6. The molecule has 24 heteroatoms. The number of imidazole rings is 1. The smallest absolute Gasteiger partial charge is 0.478 e. The van der Waals surface area contributed by atoms with Crippen LogP contribution >= 0.6 is 27.4 Å². The highest BCUT2D eigenvalue weighted by Gasteiger charge is 2.49. The van der Waals surface area contributed by atoms with Crippen LogP contribution in [0.25, 0.3) is 11.2 Å². The summed E-state index contributed by atoms with van der Waals surface area (Å²) in [5.74, 6) is -0.0923. The van der Waals surface area contributed by atoms with Crippen molar-refractivity contribution in [3.8, 4) is 0 Å². The van der Waals surface area contributed by atoms with Crippen molar-refractivity contribution in [1.29, 1.82) is 0 Å². The summed E-state index contributed by atoms with van der Waals surface area (Å²) in [5, 5.41) is 42.6. The summed E-state index contributed by atoms with van der Waals surface area (Å²) in [6, 6.07) is 2.82. The third-order valence-electron chi connectivity index (χ3n) is 7.24. The molecule has 3 aromatic rings. The predicted octanol–water partition coefficient (Wildman–Crippen LogP) is -2.15. The number of aliphatic hydroxyl groups excluding tert-OH is 4. The number of fused-ring (bicyclic) bond motifs is 1. The Kier molecular flexibility index (Phi) is 11.2. The van der Waals surface area contributed by atoms with Crippen LogP contribution in [-0.4, -0.2) is 106 Å². The molecule has 2 fully saturated rings. The number of thioether (sulfide) groups is 1. The fourth-order valence-electron chi connectivity index (χ4n) is 4.93. The Morgan fingerprint density at radius 1 is 1.10 bits per heavy atom. The number of primary amides is 1. The van der Waals surface area contributed by atoms with Gasteiger partial charge < -0.3 is 55.7 Å². The molecule has 2 aliphatic heterocycles. The lowest BCUT2D eigenvalue weighted by atomic mass is 10.1. The molecule has 10 atom stereocenters. The van der Waals surface area contributed by atoms with E-state index in [9.17, 15) is 44.1 Å². The second kappa shape index (κ2) is 14.7. The summed E-state index contributed by atoms with van der Waals surface area (Å²) in [5.41, 5.74) is 11.7. The van der Waals surface area contributed by atoms with Gasteiger partial charge in [0, 0.05) is 11.8 Å². The van der Waals surface area contributed by atoms with Crippen LogP contribution in [0.15, 0.2) is 36.0 Å². The average molecular weight is 738 g/mol. The third-order valence-corrected chi connectivity index (χ3v) is 11.0. The fraction of sp³-hybridized carbons (Fsp3) is 0.542. The highest BCUT2D eigenvalue weighted by Crippen LogP contribution is 2.58. The van der Waals surface area contributed by atoms with Gasteiger partial charge in [0.1, 0.15) is 42.4 Å². The van der Waals surface area contributed by atoms with E-state index in [-0.39, 0.29) is 22.5 Å². The summed E-state index contributed by atoms with van der Waals surface area (Å²) < 4.78 is 52.4. The molecule has 264 valence electrons. The molecule has 10 unspecified atom stereocenters. The van der Waals surface area contributed by atoms with Crippen LogP contribution in [0.5, 0.6) is 0 Å². The quantitative estimate of drug-likeness (QED) is 0.0527. The van der Waals surface area contributed by atoms with E-state index >= 15 is 0 Å². The number of rotatable bonds is 14. The zero-order valence-corrected chi connectivity index (χ0v) is 27.5. The van der Waals surface area contributed by atoms with Gasteiger partial charge in [0.15, 0.2) is 46.9 Å². The minimum atomic E-state index is -5.64.